The fourth-order valence-corrected chi connectivity index (χ4v) is 8.42. The van der Waals surface area contributed by atoms with Gasteiger partial charge < -0.3 is 0 Å². The molecule has 9 aromatic carbocycles. The van der Waals surface area contributed by atoms with E-state index in [0.29, 0.717) is 0 Å². The molecule has 0 unspecified atom stereocenters. The maximum Gasteiger partial charge on any atom is 0.0159 e. The van der Waals surface area contributed by atoms with Crippen LogP contribution in [0, 0.1) is 0 Å². The lowest BCUT2D eigenvalue weighted by Crippen LogP contribution is -2.15. The number of hydrogen-bond donors (Lipinski definition) is 0. The van der Waals surface area contributed by atoms with Crippen LogP contribution >= 0.6 is 0 Å². The molecule has 0 N–H and O–H groups in total. The zero-order valence-electron chi connectivity index (χ0n) is 25.4. The highest BCUT2D eigenvalue weighted by Gasteiger charge is 2.38. The largest absolute Gasteiger partial charge is 0.0616 e. The predicted molar refractivity (Wildman–Crippen MR) is 194 cm³/mol. The van der Waals surface area contributed by atoms with Crippen molar-refractivity contribution in [1.82, 2.24) is 0 Å². The highest BCUT2D eigenvalue weighted by atomic mass is 14.4. The van der Waals surface area contributed by atoms with Crippen molar-refractivity contribution < 1.29 is 0 Å². The average Bonchev–Trinajstić information content (AvgIpc) is 3.31. The molecule has 0 amide bonds. The van der Waals surface area contributed by atoms with Gasteiger partial charge in [-0.2, -0.15) is 0 Å². The first kappa shape index (κ1) is 24.9. The maximum absolute atomic E-state index is 2.49. The molecular formula is C45H30. The molecule has 0 fully saturated rings. The summed E-state index contributed by atoms with van der Waals surface area (Å²) in [6.07, 6.45) is 0. The van der Waals surface area contributed by atoms with Gasteiger partial charge in [-0.3, -0.25) is 0 Å². The average molecular weight is 571 g/mol. The first-order valence-electron chi connectivity index (χ1n) is 15.9. The Morgan fingerprint density at radius 3 is 1.82 bits per heavy atom. The Labute approximate surface area is 262 Å². The van der Waals surface area contributed by atoms with Gasteiger partial charge in [0, 0.05) is 5.41 Å². The molecule has 0 saturated heterocycles. The molecule has 210 valence electrons. The summed E-state index contributed by atoms with van der Waals surface area (Å²) in [5.74, 6) is 0. The topological polar surface area (TPSA) is 0 Å². The van der Waals surface area contributed by atoms with Crippen molar-refractivity contribution in [1.29, 1.82) is 0 Å². The standard InChI is InChI=1S/C45H30/c1-45(2)39-25-32(34-22-19-30-18-17-28-12-7-13-29-20-23-37(34)42(30)41(28)29)21-24-38(39)44-40(45)26-31-10-4-6-15-35(31)43(44)36-16-8-11-27-9-3-5-14-33(27)36/h3-26H,1-2H3. The van der Waals surface area contributed by atoms with Crippen LogP contribution in [-0.4, -0.2) is 0 Å². The van der Waals surface area contributed by atoms with Crippen molar-refractivity contribution in [2.24, 2.45) is 0 Å². The van der Waals surface area contributed by atoms with Crippen molar-refractivity contribution in [3.8, 4) is 33.4 Å². The SMILES string of the molecule is CC1(C)c2cc(-c3ccc4ccc5cccc6ccc3c4c56)ccc2-c2c1cc1ccccc1c2-c1cccc2ccccc12. The quantitative estimate of drug-likeness (QED) is 0.181. The zero-order valence-corrected chi connectivity index (χ0v) is 25.4. The molecule has 0 saturated carbocycles. The van der Waals surface area contributed by atoms with Gasteiger partial charge in [0.1, 0.15) is 0 Å². The van der Waals surface area contributed by atoms with Crippen LogP contribution in [0.5, 0.6) is 0 Å². The van der Waals surface area contributed by atoms with Gasteiger partial charge in [0.25, 0.3) is 0 Å². The first-order chi connectivity index (χ1) is 22.1. The molecule has 1 aliphatic rings. The number of fused-ring (bicyclic) bond motifs is 5. The van der Waals surface area contributed by atoms with Crippen molar-refractivity contribution in [2.75, 3.05) is 0 Å². The van der Waals surface area contributed by atoms with Crippen molar-refractivity contribution in [3.63, 3.8) is 0 Å². The molecule has 0 atom stereocenters. The lowest BCUT2D eigenvalue weighted by atomic mass is 9.79. The van der Waals surface area contributed by atoms with Crippen molar-refractivity contribution in [3.05, 3.63) is 157 Å². The van der Waals surface area contributed by atoms with E-state index in [9.17, 15) is 0 Å². The van der Waals surface area contributed by atoms with E-state index in [1.807, 2.05) is 0 Å². The van der Waals surface area contributed by atoms with E-state index in [-0.39, 0.29) is 5.41 Å². The summed E-state index contributed by atoms with van der Waals surface area (Å²) in [4.78, 5) is 0. The van der Waals surface area contributed by atoms with Gasteiger partial charge in [-0.05, 0) is 111 Å². The molecule has 0 aliphatic heterocycles. The smallest absolute Gasteiger partial charge is 0.0159 e. The maximum atomic E-state index is 2.49. The van der Waals surface area contributed by atoms with Crippen LogP contribution in [0.25, 0.3) is 87.2 Å². The Kier molecular flexibility index (Phi) is 4.88. The summed E-state index contributed by atoms with van der Waals surface area (Å²) in [6, 6.07) is 54.6. The number of benzene rings is 9. The predicted octanol–water partition coefficient (Wildman–Crippen LogP) is 12.5. The Balaban J connectivity index is 1.26. The van der Waals surface area contributed by atoms with Gasteiger partial charge in [-0.15, -0.1) is 0 Å². The molecular weight excluding hydrogens is 540 g/mol. The molecule has 0 bridgehead atoms. The van der Waals surface area contributed by atoms with Gasteiger partial charge in [0.15, 0.2) is 0 Å². The Hall–Kier alpha value is -5.46. The lowest BCUT2D eigenvalue weighted by Gasteiger charge is -2.23. The van der Waals surface area contributed by atoms with Crippen LogP contribution < -0.4 is 0 Å². The van der Waals surface area contributed by atoms with E-state index in [1.54, 1.807) is 0 Å². The Morgan fingerprint density at radius 2 is 0.978 bits per heavy atom. The van der Waals surface area contributed by atoms with Gasteiger partial charge in [0.05, 0.1) is 0 Å². The van der Waals surface area contributed by atoms with Crippen LogP contribution in [-0.2, 0) is 5.41 Å². The van der Waals surface area contributed by atoms with Crippen molar-refractivity contribution in [2.45, 2.75) is 19.3 Å². The first-order valence-corrected chi connectivity index (χ1v) is 15.9. The summed E-state index contributed by atoms with van der Waals surface area (Å²) in [5, 5.41) is 13.2. The highest BCUT2D eigenvalue weighted by molar-refractivity contribution is 6.25. The molecule has 0 spiro atoms. The normalized spacial score (nSPS) is 13.7. The lowest BCUT2D eigenvalue weighted by molar-refractivity contribution is 0.661. The molecule has 45 heavy (non-hydrogen) atoms. The third kappa shape index (κ3) is 3.32. The van der Waals surface area contributed by atoms with Gasteiger partial charge in [-0.1, -0.05) is 147 Å². The Morgan fingerprint density at radius 1 is 0.356 bits per heavy atom. The van der Waals surface area contributed by atoms with Crippen molar-refractivity contribution >= 4 is 53.9 Å². The minimum absolute atomic E-state index is 0.145. The fraction of sp³-hybridized carbons (Fsp3) is 0.0667. The Bertz CT molecular complexity index is 2650. The summed E-state index contributed by atoms with van der Waals surface area (Å²) in [5.41, 5.74) is 10.6. The van der Waals surface area contributed by atoms with Gasteiger partial charge in [0.2, 0.25) is 0 Å². The second-order valence-electron chi connectivity index (χ2n) is 13.3. The highest BCUT2D eigenvalue weighted by Crippen LogP contribution is 2.56. The molecule has 0 nitrogen and oxygen atoms in total. The van der Waals surface area contributed by atoms with Gasteiger partial charge in [-0.25, -0.2) is 0 Å². The van der Waals surface area contributed by atoms with Crippen LogP contribution in [0.1, 0.15) is 25.0 Å². The molecule has 1 aliphatic carbocycles. The van der Waals surface area contributed by atoms with Crippen LogP contribution in [0.15, 0.2) is 146 Å². The monoisotopic (exact) mass is 570 g/mol. The number of hydrogen-bond acceptors (Lipinski definition) is 0. The molecule has 0 heteroatoms. The van der Waals surface area contributed by atoms with Gasteiger partial charge >= 0.3 is 0 Å². The van der Waals surface area contributed by atoms with E-state index in [4.69, 9.17) is 0 Å². The summed E-state index contributed by atoms with van der Waals surface area (Å²) < 4.78 is 0. The van der Waals surface area contributed by atoms with E-state index < -0.39 is 0 Å². The van der Waals surface area contributed by atoms with E-state index >= 15 is 0 Å². The van der Waals surface area contributed by atoms with E-state index in [0.717, 1.165) is 0 Å². The summed E-state index contributed by atoms with van der Waals surface area (Å²) >= 11 is 0. The molecule has 0 aromatic heterocycles. The van der Waals surface area contributed by atoms with Crippen LogP contribution in [0.4, 0.5) is 0 Å². The van der Waals surface area contributed by atoms with Crippen LogP contribution in [0.2, 0.25) is 0 Å². The second-order valence-corrected chi connectivity index (χ2v) is 13.3. The zero-order chi connectivity index (χ0) is 29.9. The molecule has 0 heterocycles. The third-order valence-corrected chi connectivity index (χ3v) is 10.6. The molecule has 0 radical (unpaired) electrons. The fourth-order valence-electron chi connectivity index (χ4n) is 8.42. The van der Waals surface area contributed by atoms with E-state index in [2.05, 4.69) is 159 Å². The van der Waals surface area contributed by atoms with E-state index in [1.165, 1.54) is 98.4 Å². The summed E-state index contributed by atoms with van der Waals surface area (Å²) in [6.45, 7) is 4.82. The molecule has 9 aromatic rings. The summed E-state index contributed by atoms with van der Waals surface area (Å²) in [7, 11) is 0. The molecule has 10 rings (SSSR count). The minimum atomic E-state index is -0.145. The van der Waals surface area contributed by atoms with Crippen LogP contribution in [0.3, 0.4) is 0 Å². The second kappa shape index (κ2) is 8.80. The minimum Gasteiger partial charge on any atom is -0.0616 e. The number of rotatable bonds is 2. The third-order valence-electron chi connectivity index (χ3n) is 10.6.